The van der Waals surface area contributed by atoms with E-state index in [9.17, 15) is 12.8 Å². The zero-order valence-electron chi connectivity index (χ0n) is 10.1. The Morgan fingerprint density at radius 1 is 1.10 bits per heavy atom. The molecule has 0 aliphatic heterocycles. The second-order valence-corrected chi connectivity index (χ2v) is 6.51. The van der Waals surface area contributed by atoms with Gasteiger partial charge < -0.3 is 11.1 Å². The minimum Gasteiger partial charge on any atom is -0.399 e. The minimum absolute atomic E-state index is 0.113. The largest absolute Gasteiger partial charge is 0.399 e. The normalized spacial score (nSPS) is 11.3. The van der Waals surface area contributed by atoms with E-state index in [0.717, 1.165) is 0 Å². The number of halogens is 2. The lowest BCUT2D eigenvalue weighted by Crippen LogP contribution is -2.12. The van der Waals surface area contributed by atoms with Crippen LogP contribution < -0.4 is 16.2 Å². The van der Waals surface area contributed by atoms with Gasteiger partial charge in [0.25, 0.3) is 0 Å². The number of sulfonamides is 1. The molecular formula is C12H11BrFN3O2S. The van der Waals surface area contributed by atoms with Crippen molar-refractivity contribution in [2.45, 2.75) is 4.90 Å². The van der Waals surface area contributed by atoms with Crippen LogP contribution in [0.2, 0.25) is 0 Å². The molecule has 0 saturated heterocycles. The molecule has 2 aromatic carbocycles. The van der Waals surface area contributed by atoms with E-state index in [4.69, 9.17) is 10.9 Å². The van der Waals surface area contributed by atoms with Gasteiger partial charge in [0.15, 0.2) is 0 Å². The average molecular weight is 360 g/mol. The molecule has 8 heteroatoms. The van der Waals surface area contributed by atoms with Crippen LogP contribution in [-0.2, 0) is 10.0 Å². The molecule has 5 nitrogen and oxygen atoms in total. The Hall–Kier alpha value is -1.64. The molecule has 0 aliphatic carbocycles. The van der Waals surface area contributed by atoms with Gasteiger partial charge in [0.1, 0.15) is 5.82 Å². The van der Waals surface area contributed by atoms with Gasteiger partial charge in [0, 0.05) is 17.1 Å². The molecule has 5 N–H and O–H groups in total. The van der Waals surface area contributed by atoms with Gasteiger partial charge in [-0.1, -0.05) is 0 Å². The summed E-state index contributed by atoms with van der Waals surface area (Å²) < 4.78 is 36.4. The lowest BCUT2D eigenvalue weighted by Gasteiger charge is -2.10. The molecule has 0 aromatic heterocycles. The van der Waals surface area contributed by atoms with Crippen molar-refractivity contribution in [2.75, 3.05) is 11.1 Å². The van der Waals surface area contributed by atoms with Gasteiger partial charge in [0.2, 0.25) is 10.0 Å². The van der Waals surface area contributed by atoms with E-state index in [2.05, 4.69) is 21.2 Å². The van der Waals surface area contributed by atoms with Crippen molar-refractivity contribution < 1.29 is 12.8 Å². The molecule has 0 fully saturated rings. The van der Waals surface area contributed by atoms with Crippen LogP contribution in [0.15, 0.2) is 45.8 Å². The smallest absolute Gasteiger partial charge is 0.238 e. The zero-order valence-corrected chi connectivity index (χ0v) is 12.5. The first-order chi connectivity index (χ1) is 9.25. The van der Waals surface area contributed by atoms with Crippen molar-refractivity contribution in [2.24, 2.45) is 5.14 Å². The molecule has 0 amide bonds. The number of nitrogens with one attached hydrogen (secondary N) is 1. The van der Waals surface area contributed by atoms with E-state index in [0.29, 0.717) is 15.8 Å². The molecule has 20 heavy (non-hydrogen) atoms. The van der Waals surface area contributed by atoms with Crippen LogP contribution in [0.1, 0.15) is 0 Å². The summed E-state index contributed by atoms with van der Waals surface area (Å²) in [5, 5.41) is 7.92. The number of benzene rings is 2. The maximum Gasteiger partial charge on any atom is 0.238 e. The van der Waals surface area contributed by atoms with Crippen molar-refractivity contribution in [1.29, 1.82) is 0 Å². The predicted octanol–water partition coefficient (Wildman–Crippen LogP) is 2.56. The molecule has 0 aliphatic rings. The van der Waals surface area contributed by atoms with Crippen LogP contribution in [0.5, 0.6) is 0 Å². The van der Waals surface area contributed by atoms with Crippen molar-refractivity contribution in [3.05, 3.63) is 46.7 Å². The number of rotatable bonds is 3. The first-order valence-electron chi connectivity index (χ1n) is 5.41. The third-order valence-electron chi connectivity index (χ3n) is 2.47. The molecule has 0 spiro atoms. The van der Waals surface area contributed by atoms with Gasteiger partial charge in [-0.2, -0.15) is 0 Å². The maximum absolute atomic E-state index is 13.4. The van der Waals surface area contributed by atoms with E-state index in [1.54, 1.807) is 6.07 Å². The Kier molecular flexibility index (Phi) is 3.98. The van der Waals surface area contributed by atoms with Gasteiger partial charge in [0.05, 0.1) is 9.37 Å². The van der Waals surface area contributed by atoms with Crippen molar-refractivity contribution >= 4 is 43.0 Å². The highest BCUT2D eigenvalue weighted by molar-refractivity contribution is 9.10. The standard InChI is InChI=1S/C12H11BrFN3O2S/c13-11-2-1-8(6-12(11)14)17-9-3-7(15)4-10(5-9)20(16,18)19/h1-6,17H,15H2,(H2,16,18,19). The van der Waals surface area contributed by atoms with E-state index in [1.807, 2.05) is 0 Å². The number of nitrogens with two attached hydrogens (primary N) is 2. The molecule has 106 valence electrons. The Morgan fingerprint density at radius 3 is 2.40 bits per heavy atom. The average Bonchev–Trinajstić information content (AvgIpc) is 2.32. The molecule has 0 bridgehead atoms. The molecule has 2 aromatic rings. The summed E-state index contributed by atoms with van der Waals surface area (Å²) in [7, 11) is -3.86. The van der Waals surface area contributed by atoms with Gasteiger partial charge in [-0.3, -0.25) is 0 Å². The monoisotopic (exact) mass is 359 g/mol. The molecular weight excluding hydrogens is 349 g/mol. The van der Waals surface area contributed by atoms with Crippen molar-refractivity contribution in [3.8, 4) is 0 Å². The molecule has 0 atom stereocenters. The lowest BCUT2D eigenvalue weighted by atomic mass is 10.2. The maximum atomic E-state index is 13.4. The van der Waals surface area contributed by atoms with E-state index < -0.39 is 15.8 Å². The summed E-state index contributed by atoms with van der Waals surface area (Å²) in [5.74, 6) is -0.439. The highest BCUT2D eigenvalue weighted by atomic mass is 79.9. The van der Waals surface area contributed by atoms with Gasteiger partial charge in [-0.25, -0.2) is 17.9 Å². The molecule has 2 rings (SSSR count). The fraction of sp³-hybridized carbons (Fsp3) is 0. The summed E-state index contributed by atoms with van der Waals surface area (Å²) in [6, 6.07) is 8.53. The first-order valence-corrected chi connectivity index (χ1v) is 7.75. The number of anilines is 3. The van der Waals surface area contributed by atoms with Crippen LogP contribution in [0, 0.1) is 5.82 Å². The quantitative estimate of drug-likeness (QED) is 0.733. The highest BCUT2D eigenvalue weighted by Crippen LogP contribution is 2.25. The number of hydrogen-bond donors (Lipinski definition) is 3. The predicted molar refractivity (Wildman–Crippen MR) is 79.6 cm³/mol. The fourth-order valence-corrected chi connectivity index (χ4v) is 2.44. The van der Waals surface area contributed by atoms with Gasteiger partial charge in [-0.15, -0.1) is 0 Å². The van der Waals surface area contributed by atoms with Crippen LogP contribution >= 0.6 is 15.9 Å². The summed E-state index contributed by atoms with van der Waals surface area (Å²) in [5.41, 5.74) is 6.71. The summed E-state index contributed by atoms with van der Waals surface area (Å²) in [6.07, 6.45) is 0. The van der Waals surface area contributed by atoms with Crippen LogP contribution in [0.3, 0.4) is 0 Å². The first kappa shape index (κ1) is 14.8. The molecule has 0 saturated carbocycles. The minimum atomic E-state index is -3.86. The summed E-state index contributed by atoms with van der Waals surface area (Å²) in [4.78, 5) is -0.113. The fourth-order valence-electron chi connectivity index (χ4n) is 1.60. The zero-order chi connectivity index (χ0) is 14.9. The SMILES string of the molecule is Nc1cc(Nc2ccc(Br)c(F)c2)cc(S(N)(=O)=O)c1. The van der Waals surface area contributed by atoms with Crippen molar-refractivity contribution in [1.82, 2.24) is 0 Å². The number of nitrogen functional groups attached to an aromatic ring is 1. The Bertz CT molecular complexity index is 765. The van der Waals surface area contributed by atoms with Crippen LogP contribution in [0.25, 0.3) is 0 Å². The third-order valence-corrected chi connectivity index (χ3v) is 4.00. The second kappa shape index (κ2) is 5.39. The third kappa shape index (κ3) is 3.47. The number of hydrogen-bond acceptors (Lipinski definition) is 4. The van der Waals surface area contributed by atoms with E-state index in [-0.39, 0.29) is 10.6 Å². The molecule has 0 unspecified atom stereocenters. The van der Waals surface area contributed by atoms with Crippen LogP contribution in [-0.4, -0.2) is 8.42 Å². The Balaban J connectivity index is 2.38. The molecule has 0 radical (unpaired) electrons. The van der Waals surface area contributed by atoms with E-state index >= 15 is 0 Å². The lowest BCUT2D eigenvalue weighted by molar-refractivity contribution is 0.598. The Morgan fingerprint density at radius 2 is 1.80 bits per heavy atom. The van der Waals surface area contributed by atoms with Gasteiger partial charge >= 0.3 is 0 Å². The second-order valence-electron chi connectivity index (χ2n) is 4.09. The Labute approximate surface area is 124 Å². The van der Waals surface area contributed by atoms with Gasteiger partial charge in [-0.05, 0) is 52.3 Å². The van der Waals surface area contributed by atoms with Crippen LogP contribution in [0.4, 0.5) is 21.5 Å². The summed E-state index contributed by atoms with van der Waals surface area (Å²) in [6.45, 7) is 0. The molecule has 0 heterocycles. The highest BCUT2D eigenvalue weighted by Gasteiger charge is 2.10. The van der Waals surface area contributed by atoms with Crippen molar-refractivity contribution in [3.63, 3.8) is 0 Å². The topological polar surface area (TPSA) is 98.2 Å². The number of primary sulfonamides is 1. The summed E-state index contributed by atoms with van der Waals surface area (Å²) >= 11 is 3.05. The van der Waals surface area contributed by atoms with E-state index in [1.165, 1.54) is 30.3 Å².